The second kappa shape index (κ2) is 6.13. The van der Waals surface area contributed by atoms with Crippen molar-refractivity contribution in [2.75, 3.05) is 33.8 Å². The summed E-state index contributed by atoms with van der Waals surface area (Å²) >= 11 is 0. The van der Waals surface area contributed by atoms with Gasteiger partial charge in [-0.1, -0.05) is 6.92 Å². The molecule has 0 aliphatic heterocycles. The number of aliphatic hydroxyl groups is 1. The monoisotopic (exact) mass is 211 g/mol. The van der Waals surface area contributed by atoms with Crippen LogP contribution in [0.5, 0.6) is 0 Å². The average molecular weight is 212 g/mol. The molecule has 0 bridgehead atoms. The molecular weight excluding hydrogens is 194 g/mol. The predicted octanol–water partition coefficient (Wildman–Crippen LogP) is -2.53. The van der Waals surface area contributed by atoms with Crippen molar-refractivity contribution in [3.05, 3.63) is 0 Å². The van der Waals surface area contributed by atoms with Gasteiger partial charge in [-0.3, -0.25) is 0 Å². The van der Waals surface area contributed by atoms with Crippen molar-refractivity contribution in [1.82, 2.24) is 0 Å². The van der Waals surface area contributed by atoms with E-state index in [0.29, 0.717) is 6.61 Å². The third-order valence-electron chi connectivity index (χ3n) is 1.53. The summed E-state index contributed by atoms with van der Waals surface area (Å²) in [5.74, 6) is 0. The minimum Gasteiger partial charge on any atom is -1.00 e. The molecule has 1 N–H and O–H groups in total. The Kier molecular flexibility index (Phi) is 7.99. The maximum atomic E-state index is 8.61. The molecule has 0 amide bonds. The van der Waals surface area contributed by atoms with Crippen LogP contribution in [0, 0.1) is 0 Å². The Morgan fingerprint density at radius 1 is 1.20 bits per heavy atom. The number of quaternary nitrogens is 1. The molecule has 0 atom stereocenters. The Morgan fingerprint density at radius 3 is 2.00 bits per heavy atom. The fraction of sp³-hybridized carbons (Fsp3) is 1.00. The lowest BCUT2D eigenvalue weighted by atomic mass is 10.4. The first kappa shape index (κ1) is 13.0. The van der Waals surface area contributed by atoms with Gasteiger partial charge in [-0.25, -0.2) is 0 Å². The maximum Gasteiger partial charge on any atom is 0.102 e. The zero-order valence-corrected chi connectivity index (χ0v) is 8.69. The van der Waals surface area contributed by atoms with Gasteiger partial charge in [0.2, 0.25) is 0 Å². The van der Waals surface area contributed by atoms with Crippen LogP contribution in [0.2, 0.25) is 0 Å². The molecule has 0 saturated heterocycles. The molecule has 0 spiro atoms. The minimum atomic E-state index is 0. The molecule has 10 heavy (non-hydrogen) atoms. The van der Waals surface area contributed by atoms with Gasteiger partial charge < -0.3 is 26.6 Å². The Morgan fingerprint density at radius 2 is 1.70 bits per heavy atom. The van der Waals surface area contributed by atoms with E-state index in [-0.39, 0.29) is 17.0 Å². The Balaban J connectivity index is 0. The third kappa shape index (κ3) is 6.52. The lowest BCUT2D eigenvalue weighted by molar-refractivity contribution is -0.890. The Labute approximate surface area is 74.2 Å². The van der Waals surface area contributed by atoms with Crippen molar-refractivity contribution in [3.8, 4) is 0 Å². The third-order valence-corrected chi connectivity index (χ3v) is 1.53. The number of hydrogen-bond donors (Lipinski definition) is 1. The second-order valence-electron chi connectivity index (χ2n) is 3.11. The quantitative estimate of drug-likeness (QED) is 0.509. The van der Waals surface area contributed by atoms with Crippen molar-refractivity contribution in [3.63, 3.8) is 0 Å². The Hall–Kier alpha value is 0.400. The number of rotatable bonds is 4. The molecular formula is C7H18BrNO. The van der Waals surface area contributed by atoms with Crippen molar-refractivity contribution in [2.45, 2.75) is 13.3 Å². The van der Waals surface area contributed by atoms with Crippen molar-refractivity contribution in [2.24, 2.45) is 0 Å². The zero-order chi connectivity index (χ0) is 7.33. The highest BCUT2D eigenvalue weighted by atomic mass is 79.9. The first-order chi connectivity index (χ1) is 4.12. The average Bonchev–Trinajstić information content (AvgIpc) is 1.64. The number of aliphatic hydroxyl groups excluding tert-OH is 1. The smallest absolute Gasteiger partial charge is 0.102 e. The summed E-state index contributed by atoms with van der Waals surface area (Å²) < 4.78 is 0.938. The van der Waals surface area contributed by atoms with Gasteiger partial charge >= 0.3 is 0 Å². The molecule has 0 rings (SSSR count). The molecule has 0 heterocycles. The van der Waals surface area contributed by atoms with E-state index in [0.717, 1.165) is 17.6 Å². The van der Waals surface area contributed by atoms with E-state index in [1.165, 1.54) is 6.42 Å². The van der Waals surface area contributed by atoms with E-state index < -0.39 is 0 Å². The summed E-state index contributed by atoms with van der Waals surface area (Å²) in [6.07, 6.45) is 1.19. The van der Waals surface area contributed by atoms with Crippen LogP contribution in [0.4, 0.5) is 0 Å². The molecule has 0 aliphatic carbocycles. The van der Waals surface area contributed by atoms with E-state index >= 15 is 0 Å². The molecule has 0 saturated carbocycles. The van der Waals surface area contributed by atoms with Gasteiger partial charge in [-0.15, -0.1) is 0 Å². The fourth-order valence-corrected chi connectivity index (χ4v) is 0.988. The van der Waals surface area contributed by atoms with Crippen molar-refractivity contribution in [1.29, 1.82) is 0 Å². The lowest BCUT2D eigenvalue weighted by Crippen LogP contribution is -3.00. The minimum absolute atomic E-state index is 0. The highest BCUT2D eigenvalue weighted by molar-refractivity contribution is 4.30. The highest BCUT2D eigenvalue weighted by Crippen LogP contribution is 1.96. The van der Waals surface area contributed by atoms with Gasteiger partial charge in [-0.2, -0.15) is 0 Å². The predicted molar refractivity (Wildman–Crippen MR) is 39.2 cm³/mol. The summed E-state index contributed by atoms with van der Waals surface area (Å²) in [7, 11) is 4.28. The largest absolute Gasteiger partial charge is 1.00 e. The summed E-state index contributed by atoms with van der Waals surface area (Å²) in [4.78, 5) is 0. The molecule has 0 aromatic carbocycles. The SMILES string of the molecule is CCC[N+](C)(C)CCO.[Br-]. The molecule has 0 aromatic heterocycles. The summed E-state index contributed by atoms with van der Waals surface area (Å²) in [5, 5.41) is 8.61. The lowest BCUT2D eigenvalue weighted by Gasteiger charge is -2.28. The molecule has 0 unspecified atom stereocenters. The van der Waals surface area contributed by atoms with Crippen LogP contribution in [0.25, 0.3) is 0 Å². The van der Waals surface area contributed by atoms with Crippen LogP contribution >= 0.6 is 0 Å². The molecule has 0 radical (unpaired) electrons. The van der Waals surface area contributed by atoms with E-state index in [1.807, 2.05) is 0 Å². The maximum absolute atomic E-state index is 8.61. The van der Waals surface area contributed by atoms with Crippen LogP contribution in [0.3, 0.4) is 0 Å². The summed E-state index contributed by atoms with van der Waals surface area (Å²) in [6, 6.07) is 0. The van der Waals surface area contributed by atoms with E-state index in [4.69, 9.17) is 5.11 Å². The van der Waals surface area contributed by atoms with Crippen molar-refractivity contribution < 1.29 is 26.6 Å². The van der Waals surface area contributed by atoms with E-state index in [9.17, 15) is 0 Å². The van der Waals surface area contributed by atoms with Gasteiger partial charge in [0.05, 0.1) is 27.2 Å². The number of nitrogens with zero attached hydrogens (tertiary/aromatic N) is 1. The second-order valence-corrected chi connectivity index (χ2v) is 3.11. The first-order valence-electron chi connectivity index (χ1n) is 3.55. The molecule has 0 aliphatic rings. The van der Waals surface area contributed by atoms with Gasteiger partial charge in [0.25, 0.3) is 0 Å². The van der Waals surface area contributed by atoms with Crippen LogP contribution in [0.15, 0.2) is 0 Å². The van der Waals surface area contributed by atoms with Gasteiger partial charge in [-0.05, 0) is 6.42 Å². The molecule has 3 heteroatoms. The van der Waals surface area contributed by atoms with Gasteiger partial charge in [0, 0.05) is 0 Å². The first-order valence-corrected chi connectivity index (χ1v) is 3.55. The molecule has 2 nitrogen and oxygen atoms in total. The Bertz CT molecular complexity index is 68.0. The number of halogens is 1. The standard InChI is InChI=1S/C7H18NO.BrH/c1-4-5-8(2,3)6-7-9;/h9H,4-7H2,1-3H3;1H/q+1;/p-1. The fourth-order valence-electron chi connectivity index (χ4n) is 0.988. The van der Waals surface area contributed by atoms with Gasteiger partial charge in [0.15, 0.2) is 0 Å². The van der Waals surface area contributed by atoms with E-state index in [1.54, 1.807) is 0 Å². The zero-order valence-electron chi connectivity index (χ0n) is 7.10. The molecule has 64 valence electrons. The number of likely N-dealkylation sites (N-methyl/N-ethyl adjacent to an activating group) is 1. The van der Waals surface area contributed by atoms with Crippen LogP contribution < -0.4 is 17.0 Å². The molecule has 0 fully saturated rings. The van der Waals surface area contributed by atoms with Gasteiger partial charge in [0.1, 0.15) is 6.54 Å². The normalized spacial score (nSPS) is 10.8. The van der Waals surface area contributed by atoms with Crippen LogP contribution in [-0.2, 0) is 0 Å². The van der Waals surface area contributed by atoms with Crippen molar-refractivity contribution >= 4 is 0 Å². The van der Waals surface area contributed by atoms with E-state index in [2.05, 4.69) is 21.0 Å². The molecule has 0 aromatic rings. The summed E-state index contributed by atoms with van der Waals surface area (Å²) in [5.41, 5.74) is 0. The number of hydrogen-bond acceptors (Lipinski definition) is 1. The highest BCUT2D eigenvalue weighted by Gasteiger charge is 2.10. The topological polar surface area (TPSA) is 20.2 Å². The summed E-state index contributed by atoms with van der Waals surface area (Å²) in [6.45, 7) is 4.48. The van der Waals surface area contributed by atoms with Crippen LogP contribution in [-0.4, -0.2) is 43.4 Å². The van der Waals surface area contributed by atoms with Crippen LogP contribution in [0.1, 0.15) is 13.3 Å².